The lowest BCUT2D eigenvalue weighted by Crippen LogP contribution is -2.14. The quantitative estimate of drug-likeness (QED) is 0.365. The maximum atomic E-state index is 15.3. The average Bonchev–Trinajstić information content (AvgIpc) is 3.60. The van der Waals surface area contributed by atoms with Crippen LogP contribution in [0.3, 0.4) is 0 Å². The van der Waals surface area contributed by atoms with Crippen molar-refractivity contribution in [1.82, 2.24) is 24.6 Å². The van der Waals surface area contributed by atoms with E-state index in [-0.39, 0.29) is 5.69 Å². The lowest BCUT2D eigenvalue weighted by molar-refractivity contribution is 0.491. The van der Waals surface area contributed by atoms with Crippen LogP contribution in [-0.2, 0) is 13.6 Å². The summed E-state index contributed by atoms with van der Waals surface area (Å²) in [4.78, 5) is 8.25. The largest absolute Gasteiger partial charge is 0.346 e. The van der Waals surface area contributed by atoms with Gasteiger partial charge in [-0.1, -0.05) is 18.2 Å². The van der Waals surface area contributed by atoms with E-state index in [0.29, 0.717) is 17.2 Å². The highest BCUT2D eigenvalue weighted by Gasteiger charge is 2.21. The van der Waals surface area contributed by atoms with Crippen LogP contribution in [0, 0.1) is 18.3 Å². The zero-order chi connectivity index (χ0) is 23.2. The molecule has 0 bridgehead atoms. The summed E-state index contributed by atoms with van der Waals surface area (Å²) in [6, 6.07) is 12.8. The van der Waals surface area contributed by atoms with Crippen molar-refractivity contribution in [1.29, 1.82) is 0 Å². The van der Waals surface area contributed by atoms with Gasteiger partial charge in [0.2, 0.25) is 0 Å². The highest BCUT2D eigenvalue weighted by Crippen LogP contribution is 2.40. The van der Waals surface area contributed by atoms with Gasteiger partial charge in [-0.2, -0.15) is 5.10 Å². The number of rotatable bonds is 4. The molecule has 6 rings (SSSR count). The van der Waals surface area contributed by atoms with Gasteiger partial charge in [0.25, 0.3) is 0 Å². The Morgan fingerprint density at radius 1 is 1.15 bits per heavy atom. The molecule has 4 heterocycles. The number of pyridine rings is 1. The summed E-state index contributed by atoms with van der Waals surface area (Å²) in [6.45, 7) is 10.2. The molecule has 3 aromatic heterocycles. The van der Waals surface area contributed by atoms with Gasteiger partial charge in [-0.15, -0.1) is 0 Å². The Labute approximate surface area is 196 Å². The number of hydrogen-bond acceptors (Lipinski definition) is 3. The molecule has 0 saturated carbocycles. The number of nitrogens with zero attached hydrogens (tertiary/aromatic N) is 5. The van der Waals surface area contributed by atoms with Crippen molar-refractivity contribution >= 4 is 27.5 Å². The normalized spacial score (nSPS) is 15.9. The van der Waals surface area contributed by atoms with Crippen LogP contribution in [0.1, 0.15) is 6.42 Å². The number of aryl methyl sites for hydroxylation is 1. The molecular formula is C27H23FN6. The van der Waals surface area contributed by atoms with Gasteiger partial charge in [0.1, 0.15) is 5.82 Å². The minimum Gasteiger partial charge on any atom is -0.346 e. The second-order valence-corrected chi connectivity index (χ2v) is 8.93. The number of fused-ring (bicyclic) bond motifs is 2. The predicted octanol–water partition coefficient (Wildman–Crippen LogP) is 5.56. The molecule has 1 saturated heterocycles. The van der Waals surface area contributed by atoms with E-state index in [9.17, 15) is 0 Å². The first kappa shape index (κ1) is 20.6. The van der Waals surface area contributed by atoms with Crippen LogP contribution in [0.2, 0.25) is 0 Å². The van der Waals surface area contributed by atoms with Crippen molar-refractivity contribution in [3.05, 3.63) is 78.3 Å². The van der Waals surface area contributed by atoms with Crippen molar-refractivity contribution in [2.45, 2.75) is 13.0 Å². The minimum atomic E-state index is -0.417. The third-order valence-electron chi connectivity index (χ3n) is 6.82. The summed E-state index contributed by atoms with van der Waals surface area (Å²) in [7, 11) is 1.91. The second kappa shape index (κ2) is 8.08. The molecule has 0 unspecified atom stereocenters. The van der Waals surface area contributed by atoms with E-state index in [1.807, 2.05) is 42.3 Å². The van der Waals surface area contributed by atoms with Crippen LogP contribution in [0.25, 0.3) is 49.0 Å². The maximum absolute atomic E-state index is 15.3. The first-order valence-electron chi connectivity index (χ1n) is 11.4. The summed E-state index contributed by atoms with van der Waals surface area (Å²) in [5.41, 5.74) is 5.11. The fraction of sp³-hybridized carbons (Fsp3) is 0.222. The molecule has 5 aromatic rings. The average molecular weight is 451 g/mol. The predicted molar refractivity (Wildman–Crippen MR) is 132 cm³/mol. The SMILES string of the molecule is [C-]#[N+]c1ccc(-c2c(-c3ccc4c(cnn4C)c3)ncc3c2ccn3C[C@@H]2CCNC2)c(F)c1. The minimum absolute atomic E-state index is 0.283. The van der Waals surface area contributed by atoms with E-state index < -0.39 is 5.82 Å². The van der Waals surface area contributed by atoms with Crippen LogP contribution in [0.4, 0.5) is 10.1 Å². The van der Waals surface area contributed by atoms with Gasteiger partial charge in [-0.25, -0.2) is 9.24 Å². The molecule has 0 radical (unpaired) electrons. The van der Waals surface area contributed by atoms with Gasteiger partial charge in [0.15, 0.2) is 5.69 Å². The lowest BCUT2D eigenvalue weighted by Gasteiger charge is -2.15. The van der Waals surface area contributed by atoms with Crippen LogP contribution in [-0.4, -0.2) is 32.4 Å². The smallest absolute Gasteiger partial charge is 0.190 e. The van der Waals surface area contributed by atoms with E-state index in [2.05, 4.69) is 32.1 Å². The third-order valence-corrected chi connectivity index (χ3v) is 6.82. The molecule has 0 aliphatic carbocycles. The summed E-state index contributed by atoms with van der Waals surface area (Å²) < 4.78 is 19.4. The Bertz CT molecular complexity index is 1580. The van der Waals surface area contributed by atoms with Crippen molar-refractivity contribution in [3.8, 4) is 22.4 Å². The highest BCUT2D eigenvalue weighted by atomic mass is 19.1. The van der Waals surface area contributed by atoms with Gasteiger partial charge in [-0.3, -0.25) is 9.67 Å². The van der Waals surface area contributed by atoms with Crippen LogP contribution in [0.15, 0.2) is 61.1 Å². The zero-order valence-electron chi connectivity index (χ0n) is 18.8. The van der Waals surface area contributed by atoms with Crippen molar-refractivity contribution in [2.24, 2.45) is 13.0 Å². The van der Waals surface area contributed by atoms with Gasteiger partial charge >= 0.3 is 0 Å². The van der Waals surface area contributed by atoms with E-state index in [1.54, 1.807) is 12.1 Å². The van der Waals surface area contributed by atoms with E-state index in [1.165, 1.54) is 6.07 Å². The number of hydrogen-bond donors (Lipinski definition) is 1. The summed E-state index contributed by atoms with van der Waals surface area (Å²) in [5.74, 6) is 0.153. The van der Waals surface area contributed by atoms with Crippen molar-refractivity contribution in [2.75, 3.05) is 13.1 Å². The fourth-order valence-corrected chi connectivity index (χ4v) is 5.04. The van der Waals surface area contributed by atoms with Crippen molar-refractivity contribution < 1.29 is 4.39 Å². The maximum Gasteiger partial charge on any atom is 0.190 e. The molecule has 7 heteroatoms. The summed E-state index contributed by atoms with van der Waals surface area (Å²) >= 11 is 0. The Kier molecular flexibility index (Phi) is 4.89. The van der Waals surface area contributed by atoms with Crippen LogP contribution >= 0.6 is 0 Å². The van der Waals surface area contributed by atoms with Crippen LogP contribution < -0.4 is 5.32 Å². The number of halogens is 1. The first-order chi connectivity index (χ1) is 16.6. The van der Waals surface area contributed by atoms with Gasteiger partial charge in [-0.05, 0) is 49.7 Å². The lowest BCUT2D eigenvalue weighted by atomic mass is 9.95. The topological polar surface area (TPSA) is 52.0 Å². The number of benzene rings is 2. The van der Waals surface area contributed by atoms with Crippen LogP contribution in [0.5, 0.6) is 0 Å². The molecule has 1 atom stereocenters. The summed E-state index contributed by atoms with van der Waals surface area (Å²) in [6.07, 6.45) is 6.95. The third kappa shape index (κ3) is 3.35. The molecule has 1 fully saturated rings. The summed E-state index contributed by atoms with van der Waals surface area (Å²) in [5, 5.41) is 9.73. The Hall–Kier alpha value is -4.02. The Balaban J connectivity index is 1.57. The molecule has 168 valence electrons. The molecule has 1 aliphatic heterocycles. The molecule has 1 N–H and O–H groups in total. The first-order valence-corrected chi connectivity index (χ1v) is 11.4. The highest BCUT2D eigenvalue weighted by molar-refractivity contribution is 6.02. The van der Waals surface area contributed by atoms with E-state index >= 15 is 4.39 Å². The zero-order valence-corrected chi connectivity index (χ0v) is 18.8. The standard InChI is InChI=1S/C27H23FN6/c1-29-20-4-5-21(23(28)12-20)26-22-8-10-34(16-17-7-9-30-13-17)25(22)15-31-27(26)18-3-6-24-19(11-18)14-32-33(24)2/h3-6,8,10-12,14-15,17,30H,7,9,13,16H2,2H3/t17-/m1/s1. The molecule has 6 nitrogen and oxygen atoms in total. The second-order valence-electron chi connectivity index (χ2n) is 8.93. The fourth-order valence-electron chi connectivity index (χ4n) is 5.04. The van der Waals surface area contributed by atoms with Gasteiger partial charge < -0.3 is 9.88 Å². The molecule has 34 heavy (non-hydrogen) atoms. The van der Waals surface area contributed by atoms with Gasteiger partial charge in [0, 0.05) is 47.3 Å². The Morgan fingerprint density at radius 3 is 2.85 bits per heavy atom. The van der Waals surface area contributed by atoms with E-state index in [0.717, 1.165) is 59.0 Å². The van der Waals surface area contributed by atoms with E-state index in [4.69, 9.17) is 11.6 Å². The van der Waals surface area contributed by atoms with Crippen molar-refractivity contribution in [3.63, 3.8) is 0 Å². The molecule has 1 aliphatic rings. The number of nitrogens with one attached hydrogen (secondary N) is 1. The monoisotopic (exact) mass is 450 g/mol. The molecule has 2 aromatic carbocycles. The molecular weight excluding hydrogens is 427 g/mol. The number of aromatic nitrogens is 4. The van der Waals surface area contributed by atoms with Gasteiger partial charge in [0.05, 0.1) is 35.7 Å². The molecule has 0 amide bonds. The Morgan fingerprint density at radius 2 is 2.06 bits per heavy atom. The molecule has 0 spiro atoms.